The van der Waals surface area contributed by atoms with E-state index in [4.69, 9.17) is 5.73 Å². The van der Waals surface area contributed by atoms with Crippen molar-refractivity contribution in [3.05, 3.63) is 5.01 Å². The van der Waals surface area contributed by atoms with Crippen LogP contribution in [0.3, 0.4) is 0 Å². The highest BCUT2D eigenvalue weighted by Gasteiger charge is 2.10. The Morgan fingerprint density at radius 3 is 2.53 bits per heavy atom. The molecule has 1 amide bonds. The summed E-state index contributed by atoms with van der Waals surface area (Å²) in [6, 6.07) is 0. The maximum Gasteiger partial charge on any atom is 0.236 e. The number of likely N-dealkylation sites (N-methyl/N-ethyl adjacent to an activating group) is 2. The van der Waals surface area contributed by atoms with Gasteiger partial charge in [-0.3, -0.25) is 9.69 Å². The van der Waals surface area contributed by atoms with Gasteiger partial charge in [0.2, 0.25) is 11.0 Å². The summed E-state index contributed by atoms with van der Waals surface area (Å²) < 4.78 is 0. The van der Waals surface area contributed by atoms with Crippen LogP contribution in [0.15, 0.2) is 0 Å². The first-order chi connectivity index (χ1) is 6.99. The van der Waals surface area contributed by atoms with Gasteiger partial charge in [-0.05, 0) is 7.05 Å². The summed E-state index contributed by atoms with van der Waals surface area (Å²) in [7, 11) is 5.33. The van der Waals surface area contributed by atoms with Crippen LogP contribution in [0, 0.1) is 0 Å². The summed E-state index contributed by atoms with van der Waals surface area (Å²) in [5, 5.41) is 8.87. The van der Waals surface area contributed by atoms with E-state index in [-0.39, 0.29) is 5.91 Å². The van der Waals surface area contributed by atoms with E-state index < -0.39 is 0 Å². The standard InChI is InChI=1S/C8H15N5OS/c1-12(2)7(14)5-13(3)4-6-10-11-8(9)15-6/h4-5H2,1-3H3,(H2,9,11). The Kier molecular flexibility index (Phi) is 3.98. The first-order valence-electron chi connectivity index (χ1n) is 4.45. The lowest BCUT2D eigenvalue weighted by Gasteiger charge is -2.17. The number of carbonyl (C=O) groups is 1. The van der Waals surface area contributed by atoms with E-state index in [2.05, 4.69) is 10.2 Å². The van der Waals surface area contributed by atoms with Crippen LogP contribution in [-0.2, 0) is 11.3 Å². The van der Waals surface area contributed by atoms with Crippen molar-refractivity contribution < 1.29 is 4.79 Å². The Morgan fingerprint density at radius 1 is 1.40 bits per heavy atom. The number of anilines is 1. The molecule has 0 aliphatic heterocycles. The van der Waals surface area contributed by atoms with E-state index >= 15 is 0 Å². The Morgan fingerprint density at radius 2 is 2.07 bits per heavy atom. The van der Waals surface area contributed by atoms with Gasteiger partial charge in [-0.15, -0.1) is 10.2 Å². The van der Waals surface area contributed by atoms with Crippen LogP contribution in [0.5, 0.6) is 0 Å². The molecular formula is C8H15N5OS. The molecule has 84 valence electrons. The van der Waals surface area contributed by atoms with Gasteiger partial charge in [0.15, 0.2) is 0 Å². The zero-order valence-corrected chi connectivity index (χ0v) is 9.91. The van der Waals surface area contributed by atoms with E-state index in [9.17, 15) is 4.79 Å². The second kappa shape index (κ2) is 5.04. The molecule has 7 heteroatoms. The third kappa shape index (κ3) is 3.80. The Bertz CT molecular complexity index is 338. The highest BCUT2D eigenvalue weighted by molar-refractivity contribution is 7.15. The molecule has 0 bridgehead atoms. The van der Waals surface area contributed by atoms with Gasteiger partial charge in [-0.25, -0.2) is 0 Å². The van der Waals surface area contributed by atoms with Crippen molar-refractivity contribution in [2.24, 2.45) is 0 Å². The molecule has 2 N–H and O–H groups in total. The van der Waals surface area contributed by atoms with Crippen LogP contribution < -0.4 is 5.73 Å². The lowest BCUT2D eigenvalue weighted by Crippen LogP contribution is -2.34. The fraction of sp³-hybridized carbons (Fsp3) is 0.625. The predicted octanol–water partition coefficient (Wildman–Crippen LogP) is -0.360. The average Bonchev–Trinajstić information content (AvgIpc) is 2.50. The van der Waals surface area contributed by atoms with Crippen molar-refractivity contribution in [1.29, 1.82) is 0 Å². The molecule has 0 aliphatic rings. The fourth-order valence-corrected chi connectivity index (χ4v) is 1.68. The van der Waals surface area contributed by atoms with Crippen LogP contribution in [0.2, 0.25) is 0 Å². The number of nitrogen functional groups attached to an aromatic ring is 1. The van der Waals surface area contributed by atoms with Gasteiger partial charge in [0.1, 0.15) is 5.01 Å². The molecule has 0 radical (unpaired) electrons. The summed E-state index contributed by atoms with van der Waals surface area (Å²) in [4.78, 5) is 14.8. The van der Waals surface area contributed by atoms with Gasteiger partial charge in [0.05, 0.1) is 13.1 Å². The largest absolute Gasteiger partial charge is 0.374 e. The lowest BCUT2D eigenvalue weighted by atomic mass is 10.5. The van der Waals surface area contributed by atoms with Crippen molar-refractivity contribution >= 4 is 22.4 Å². The summed E-state index contributed by atoms with van der Waals surface area (Å²) in [5.41, 5.74) is 5.46. The maximum absolute atomic E-state index is 11.4. The molecule has 0 saturated heterocycles. The highest BCUT2D eigenvalue weighted by Crippen LogP contribution is 2.12. The Labute approximate surface area is 92.7 Å². The van der Waals surface area contributed by atoms with Gasteiger partial charge in [0, 0.05) is 14.1 Å². The quantitative estimate of drug-likeness (QED) is 0.763. The third-order valence-electron chi connectivity index (χ3n) is 1.79. The van der Waals surface area contributed by atoms with Crippen molar-refractivity contribution in [3.63, 3.8) is 0 Å². The number of nitrogens with zero attached hydrogens (tertiary/aromatic N) is 4. The molecule has 1 aromatic heterocycles. The molecule has 0 spiro atoms. The second-order valence-electron chi connectivity index (χ2n) is 3.49. The van der Waals surface area contributed by atoms with Crippen LogP contribution in [-0.4, -0.2) is 53.6 Å². The van der Waals surface area contributed by atoms with Crippen molar-refractivity contribution in [1.82, 2.24) is 20.0 Å². The second-order valence-corrected chi connectivity index (χ2v) is 4.59. The highest BCUT2D eigenvalue weighted by atomic mass is 32.1. The summed E-state index contributed by atoms with van der Waals surface area (Å²) in [6.45, 7) is 0.959. The lowest BCUT2D eigenvalue weighted by molar-refractivity contribution is -0.129. The first-order valence-corrected chi connectivity index (χ1v) is 5.27. The molecule has 15 heavy (non-hydrogen) atoms. The van der Waals surface area contributed by atoms with Crippen LogP contribution in [0.1, 0.15) is 5.01 Å². The molecule has 1 rings (SSSR count). The van der Waals surface area contributed by atoms with Crippen LogP contribution in [0.25, 0.3) is 0 Å². The normalized spacial score (nSPS) is 10.7. The van der Waals surface area contributed by atoms with Gasteiger partial charge in [-0.1, -0.05) is 11.3 Å². The molecule has 6 nitrogen and oxygen atoms in total. The number of carbonyl (C=O) groups excluding carboxylic acids is 1. The van der Waals surface area contributed by atoms with Gasteiger partial charge in [0.25, 0.3) is 0 Å². The topological polar surface area (TPSA) is 75.4 Å². The third-order valence-corrected chi connectivity index (χ3v) is 2.53. The summed E-state index contributed by atoms with van der Waals surface area (Å²) >= 11 is 1.34. The number of amides is 1. The fourth-order valence-electron chi connectivity index (χ4n) is 0.990. The zero-order chi connectivity index (χ0) is 11.4. The van der Waals surface area contributed by atoms with Crippen molar-refractivity contribution in [3.8, 4) is 0 Å². The molecule has 1 heterocycles. The summed E-state index contributed by atoms with van der Waals surface area (Å²) in [5.74, 6) is 0.0648. The predicted molar refractivity (Wildman–Crippen MR) is 59.3 cm³/mol. The van der Waals surface area contributed by atoms with E-state index in [1.165, 1.54) is 11.3 Å². The SMILES string of the molecule is CN(CC(=O)N(C)C)Cc1nnc(N)s1. The van der Waals surface area contributed by atoms with Gasteiger partial charge >= 0.3 is 0 Å². The van der Waals surface area contributed by atoms with E-state index in [0.29, 0.717) is 18.2 Å². The van der Waals surface area contributed by atoms with Crippen LogP contribution >= 0.6 is 11.3 Å². The van der Waals surface area contributed by atoms with E-state index in [1.54, 1.807) is 19.0 Å². The summed E-state index contributed by atoms with van der Waals surface area (Å²) in [6.07, 6.45) is 0. The molecular weight excluding hydrogens is 214 g/mol. The maximum atomic E-state index is 11.4. The minimum absolute atomic E-state index is 0.0648. The van der Waals surface area contributed by atoms with Gasteiger partial charge < -0.3 is 10.6 Å². The number of nitrogens with two attached hydrogens (primary N) is 1. The molecule has 0 fully saturated rings. The Balaban J connectivity index is 2.42. The van der Waals surface area contributed by atoms with E-state index in [1.807, 2.05) is 11.9 Å². The zero-order valence-electron chi connectivity index (χ0n) is 9.10. The minimum atomic E-state index is 0.0648. The number of hydrogen-bond donors (Lipinski definition) is 1. The molecule has 0 atom stereocenters. The molecule has 0 saturated carbocycles. The minimum Gasteiger partial charge on any atom is -0.374 e. The monoisotopic (exact) mass is 229 g/mol. The number of aromatic nitrogens is 2. The molecule has 0 aliphatic carbocycles. The van der Waals surface area contributed by atoms with Crippen molar-refractivity contribution in [2.75, 3.05) is 33.4 Å². The molecule has 0 aromatic carbocycles. The van der Waals surface area contributed by atoms with E-state index in [0.717, 1.165) is 5.01 Å². The molecule has 0 unspecified atom stereocenters. The van der Waals surface area contributed by atoms with Crippen LogP contribution in [0.4, 0.5) is 5.13 Å². The average molecular weight is 229 g/mol. The Hall–Kier alpha value is -1.21. The number of hydrogen-bond acceptors (Lipinski definition) is 6. The number of rotatable bonds is 4. The molecule has 1 aromatic rings. The first kappa shape index (κ1) is 11.9. The smallest absolute Gasteiger partial charge is 0.236 e. The van der Waals surface area contributed by atoms with Gasteiger partial charge in [-0.2, -0.15) is 0 Å². The van der Waals surface area contributed by atoms with Crippen molar-refractivity contribution in [2.45, 2.75) is 6.54 Å².